The van der Waals surface area contributed by atoms with E-state index in [1.54, 1.807) is 6.92 Å². The SMILES string of the molecule is C=CS(=O)(=O)Nc1ccc(C[C@H](CN(CC(=O)O)CC(=O)O)N(CC(=O)O)[C@@H](C)CN(CC(=O)O)CC(=O)O)cc1. The maximum absolute atomic E-state index is 11.8. The van der Waals surface area contributed by atoms with Gasteiger partial charge in [0, 0.05) is 36.3 Å². The highest BCUT2D eigenvalue weighted by atomic mass is 32.2. The summed E-state index contributed by atoms with van der Waals surface area (Å²) in [5.41, 5.74) is 0.759. The Balaban J connectivity index is 3.45. The van der Waals surface area contributed by atoms with E-state index in [4.69, 9.17) is 0 Å². The van der Waals surface area contributed by atoms with Crippen LogP contribution in [0.3, 0.4) is 0 Å². The van der Waals surface area contributed by atoms with Crippen molar-refractivity contribution in [2.24, 2.45) is 0 Å². The lowest BCUT2D eigenvalue weighted by Crippen LogP contribution is -2.55. The smallest absolute Gasteiger partial charge is 0.317 e. The molecule has 0 spiro atoms. The molecular weight excluding hydrogens is 568 g/mol. The molecular formula is C24H34N4O12S. The number of carboxylic acids is 5. The van der Waals surface area contributed by atoms with Crippen LogP contribution < -0.4 is 4.72 Å². The Labute approximate surface area is 236 Å². The van der Waals surface area contributed by atoms with Crippen LogP contribution in [-0.2, 0) is 40.4 Å². The molecule has 17 heteroatoms. The van der Waals surface area contributed by atoms with Gasteiger partial charge in [-0.25, -0.2) is 8.42 Å². The highest BCUT2D eigenvalue weighted by Gasteiger charge is 2.31. The van der Waals surface area contributed by atoms with Crippen molar-refractivity contribution in [2.45, 2.75) is 25.4 Å². The van der Waals surface area contributed by atoms with Crippen LogP contribution in [0.2, 0.25) is 0 Å². The Morgan fingerprint density at radius 1 is 0.780 bits per heavy atom. The molecule has 0 aliphatic heterocycles. The first-order chi connectivity index (χ1) is 19.0. The van der Waals surface area contributed by atoms with Gasteiger partial charge in [-0.3, -0.25) is 43.4 Å². The highest BCUT2D eigenvalue weighted by Crippen LogP contribution is 2.18. The number of hydrogen-bond acceptors (Lipinski definition) is 10. The van der Waals surface area contributed by atoms with Gasteiger partial charge < -0.3 is 25.5 Å². The van der Waals surface area contributed by atoms with Crippen molar-refractivity contribution < 1.29 is 57.9 Å². The van der Waals surface area contributed by atoms with Crippen LogP contribution in [-0.4, -0.2) is 136 Å². The van der Waals surface area contributed by atoms with E-state index in [1.165, 1.54) is 29.2 Å². The van der Waals surface area contributed by atoms with Gasteiger partial charge in [-0.05, 0) is 31.0 Å². The van der Waals surface area contributed by atoms with Crippen molar-refractivity contribution in [3.8, 4) is 0 Å². The number of anilines is 1. The minimum Gasteiger partial charge on any atom is -0.480 e. The molecule has 228 valence electrons. The Bertz CT molecular complexity index is 1170. The number of rotatable bonds is 21. The molecule has 0 radical (unpaired) electrons. The second-order valence-corrected chi connectivity index (χ2v) is 10.8. The molecule has 0 aromatic heterocycles. The van der Waals surface area contributed by atoms with Crippen molar-refractivity contribution in [3.63, 3.8) is 0 Å². The summed E-state index contributed by atoms with van der Waals surface area (Å²) >= 11 is 0. The fourth-order valence-electron chi connectivity index (χ4n) is 4.19. The third-order valence-electron chi connectivity index (χ3n) is 5.68. The molecule has 0 saturated carbocycles. The van der Waals surface area contributed by atoms with E-state index < -0.39 is 84.7 Å². The van der Waals surface area contributed by atoms with Gasteiger partial charge in [0.15, 0.2) is 0 Å². The second kappa shape index (κ2) is 16.3. The van der Waals surface area contributed by atoms with Crippen molar-refractivity contribution in [1.29, 1.82) is 0 Å². The molecule has 16 nitrogen and oxygen atoms in total. The van der Waals surface area contributed by atoms with E-state index in [2.05, 4.69) is 11.3 Å². The van der Waals surface area contributed by atoms with E-state index in [0.717, 1.165) is 15.2 Å². The van der Waals surface area contributed by atoms with Gasteiger partial charge in [0.1, 0.15) is 0 Å². The molecule has 0 saturated heterocycles. The fourth-order valence-corrected chi connectivity index (χ4v) is 4.73. The number of hydrogen-bond donors (Lipinski definition) is 6. The van der Waals surface area contributed by atoms with Gasteiger partial charge in [0.25, 0.3) is 10.0 Å². The summed E-state index contributed by atoms with van der Waals surface area (Å²) in [5, 5.41) is 47.3. The third-order valence-corrected chi connectivity index (χ3v) is 6.64. The summed E-state index contributed by atoms with van der Waals surface area (Å²) in [5.74, 6) is -6.55. The minimum absolute atomic E-state index is 0.0414. The Hall–Kier alpha value is -4.06. The van der Waals surface area contributed by atoms with E-state index in [1.807, 2.05) is 0 Å². The number of carboxylic acid groups (broad SMARTS) is 5. The van der Waals surface area contributed by atoms with Crippen LogP contribution in [0, 0.1) is 0 Å². The lowest BCUT2D eigenvalue weighted by molar-refractivity contribution is -0.144. The summed E-state index contributed by atoms with van der Waals surface area (Å²) < 4.78 is 25.8. The van der Waals surface area contributed by atoms with E-state index in [-0.39, 0.29) is 25.2 Å². The van der Waals surface area contributed by atoms with Crippen LogP contribution in [0.5, 0.6) is 0 Å². The molecule has 0 heterocycles. The van der Waals surface area contributed by atoms with E-state index >= 15 is 0 Å². The quantitative estimate of drug-likeness (QED) is 0.101. The molecule has 1 rings (SSSR count). The Kier molecular flexibility index (Phi) is 13.9. The van der Waals surface area contributed by atoms with Gasteiger partial charge in [-0.1, -0.05) is 18.7 Å². The first-order valence-electron chi connectivity index (χ1n) is 12.0. The average molecular weight is 603 g/mol. The fraction of sp³-hybridized carbons (Fsp3) is 0.458. The van der Waals surface area contributed by atoms with Gasteiger partial charge in [0.05, 0.1) is 32.7 Å². The molecule has 6 N–H and O–H groups in total. The molecule has 1 aromatic rings. The number of nitrogens with zero attached hydrogens (tertiary/aromatic N) is 3. The Morgan fingerprint density at radius 2 is 1.20 bits per heavy atom. The number of nitrogens with one attached hydrogen (secondary N) is 1. The van der Waals surface area contributed by atoms with Gasteiger partial charge >= 0.3 is 29.8 Å². The summed E-state index contributed by atoms with van der Waals surface area (Å²) in [6, 6.07) is 4.31. The van der Waals surface area contributed by atoms with Crippen LogP contribution in [0.15, 0.2) is 36.3 Å². The van der Waals surface area contributed by atoms with E-state index in [9.17, 15) is 57.9 Å². The largest absolute Gasteiger partial charge is 0.480 e. The number of sulfonamides is 1. The molecule has 0 aliphatic rings. The summed E-state index contributed by atoms with van der Waals surface area (Å²) in [4.78, 5) is 60.8. The predicted molar refractivity (Wildman–Crippen MR) is 144 cm³/mol. The molecule has 0 bridgehead atoms. The lowest BCUT2D eigenvalue weighted by Gasteiger charge is -2.39. The zero-order valence-electron chi connectivity index (χ0n) is 22.2. The first kappa shape index (κ1) is 35.0. The van der Waals surface area contributed by atoms with Crippen LogP contribution >= 0.6 is 0 Å². The zero-order valence-corrected chi connectivity index (χ0v) is 23.1. The summed E-state index contributed by atoms with van der Waals surface area (Å²) in [6.07, 6.45) is 0.0414. The molecule has 1 aromatic carbocycles. The van der Waals surface area contributed by atoms with Crippen molar-refractivity contribution in [3.05, 3.63) is 41.8 Å². The maximum Gasteiger partial charge on any atom is 0.317 e. The molecule has 2 atom stereocenters. The zero-order chi connectivity index (χ0) is 31.3. The highest BCUT2D eigenvalue weighted by molar-refractivity contribution is 7.95. The van der Waals surface area contributed by atoms with Crippen LogP contribution in [0.25, 0.3) is 0 Å². The van der Waals surface area contributed by atoms with Crippen molar-refractivity contribution in [1.82, 2.24) is 14.7 Å². The van der Waals surface area contributed by atoms with Crippen molar-refractivity contribution in [2.75, 3.05) is 50.5 Å². The number of benzene rings is 1. The number of carbonyl (C=O) groups is 5. The maximum atomic E-state index is 11.8. The van der Waals surface area contributed by atoms with Crippen molar-refractivity contribution >= 4 is 45.6 Å². The standard InChI is InChI=1S/C24H34N4O12S/c1-3-41(39,40)25-18-6-4-17(5-7-18)8-19(10-27(13-22(33)34)14-23(35)36)28(15-24(37)38)16(2)9-26(11-20(29)30)12-21(31)32/h3-7,16,19,25H,1,8-15H2,2H3,(H,29,30)(H,31,32)(H,33,34)(H,35,36)(H,37,38)/t16-,19+/m0/s1. The molecule has 41 heavy (non-hydrogen) atoms. The Morgan fingerprint density at radius 3 is 1.59 bits per heavy atom. The summed E-state index contributed by atoms with van der Waals surface area (Å²) in [6.45, 7) is 1.05. The first-order valence-corrected chi connectivity index (χ1v) is 13.6. The lowest BCUT2D eigenvalue weighted by atomic mass is 10.0. The molecule has 0 amide bonds. The van der Waals surface area contributed by atoms with Gasteiger partial charge in [-0.2, -0.15) is 0 Å². The monoisotopic (exact) mass is 602 g/mol. The van der Waals surface area contributed by atoms with Crippen LogP contribution in [0.4, 0.5) is 5.69 Å². The second-order valence-electron chi connectivity index (χ2n) is 9.20. The van der Waals surface area contributed by atoms with Gasteiger partial charge in [-0.15, -0.1) is 0 Å². The topological polar surface area (TPSA) is 242 Å². The average Bonchev–Trinajstić information content (AvgIpc) is 2.81. The van der Waals surface area contributed by atoms with Gasteiger partial charge in [0.2, 0.25) is 0 Å². The normalized spacial score (nSPS) is 13.1. The molecule has 0 unspecified atom stereocenters. The minimum atomic E-state index is -3.78. The van der Waals surface area contributed by atoms with Crippen LogP contribution in [0.1, 0.15) is 12.5 Å². The molecule has 0 fully saturated rings. The van der Waals surface area contributed by atoms with E-state index in [0.29, 0.717) is 5.56 Å². The molecule has 0 aliphatic carbocycles. The number of aliphatic carboxylic acids is 5. The predicted octanol–water partition coefficient (Wildman–Crippen LogP) is -0.800. The third kappa shape index (κ3) is 14.2. The summed E-state index contributed by atoms with van der Waals surface area (Å²) in [7, 11) is -3.78.